The molecule has 1 fully saturated rings. The van der Waals surface area contributed by atoms with Gasteiger partial charge in [-0.15, -0.1) is 0 Å². The van der Waals surface area contributed by atoms with Gasteiger partial charge in [-0.3, -0.25) is 4.90 Å². The third-order valence-corrected chi connectivity index (χ3v) is 3.27. The SMILES string of the molecule is CC(C)Oc1cc(Br)cc(CN2CCOCC2)c1. The molecule has 0 aliphatic carbocycles. The largest absolute Gasteiger partial charge is 0.491 e. The molecule has 0 bridgehead atoms. The standard InChI is InChI=1S/C14H20BrNO2/c1-11(2)18-14-8-12(7-13(15)9-14)10-16-3-5-17-6-4-16/h7-9,11H,3-6,10H2,1-2H3. The van der Waals surface area contributed by atoms with Crippen molar-refractivity contribution in [2.75, 3.05) is 26.3 Å². The molecule has 0 unspecified atom stereocenters. The fourth-order valence-corrected chi connectivity index (χ4v) is 2.59. The Kier molecular flexibility index (Phi) is 5.03. The molecule has 0 radical (unpaired) electrons. The number of hydrogen-bond donors (Lipinski definition) is 0. The zero-order valence-electron chi connectivity index (χ0n) is 11.0. The number of ether oxygens (including phenoxy) is 2. The van der Waals surface area contributed by atoms with Crippen molar-refractivity contribution >= 4 is 15.9 Å². The summed E-state index contributed by atoms with van der Waals surface area (Å²) >= 11 is 3.54. The number of benzene rings is 1. The summed E-state index contributed by atoms with van der Waals surface area (Å²) in [6.45, 7) is 8.73. The van der Waals surface area contributed by atoms with E-state index in [1.807, 2.05) is 19.9 Å². The molecule has 100 valence electrons. The van der Waals surface area contributed by atoms with Crippen LogP contribution in [0, 0.1) is 0 Å². The average molecular weight is 314 g/mol. The van der Waals surface area contributed by atoms with Crippen molar-refractivity contribution in [1.82, 2.24) is 4.90 Å². The van der Waals surface area contributed by atoms with Crippen LogP contribution in [0.5, 0.6) is 5.75 Å². The van der Waals surface area contributed by atoms with Crippen LogP contribution in [0.2, 0.25) is 0 Å². The second kappa shape index (κ2) is 6.55. The maximum Gasteiger partial charge on any atom is 0.121 e. The van der Waals surface area contributed by atoms with Crippen LogP contribution in [0.4, 0.5) is 0 Å². The van der Waals surface area contributed by atoms with Gasteiger partial charge in [-0.25, -0.2) is 0 Å². The summed E-state index contributed by atoms with van der Waals surface area (Å²) in [6.07, 6.45) is 0.204. The van der Waals surface area contributed by atoms with E-state index in [1.165, 1.54) is 5.56 Å². The van der Waals surface area contributed by atoms with Gasteiger partial charge >= 0.3 is 0 Å². The third-order valence-electron chi connectivity index (χ3n) is 2.81. The van der Waals surface area contributed by atoms with Crippen LogP contribution in [0.3, 0.4) is 0 Å². The molecule has 0 spiro atoms. The fourth-order valence-electron chi connectivity index (χ4n) is 2.07. The first-order valence-corrected chi connectivity index (χ1v) is 7.19. The molecule has 1 aliphatic heterocycles. The van der Waals surface area contributed by atoms with Crippen LogP contribution in [0.25, 0.3) is 0 Å². The van der Waals surface area contributed by atoms with Crippen LogP contribution < -0.4 is 4.74 Å². The third kappa shape index (κ3) is 4.26. The molecular formula is C14H20BrNO2. The summed E-state index contributed by atoms with van der Waals surface area (Å²) in [6, 6.07) is 6.30. The molecule has 1 aliphatic rings. The van der Waals surface area contributed by atoms with Crippen molar-refractivity contribution in [3.63, 3.8) is 0 Å². The van der Waals surface area contributed by atoms with Crippen molar-refractivity contribution < 1.29 is 9.47 Å². The lowest BCUT2D eigenvalue weighted by Crippen LogP contribution is -2.35. The normalized spacial score (nSPS) is 17.1. The van der Waals surface area contributed by atoms with E-state index in [-0.39, 0.29) is 6.10 Å². The Morgan fingerprint density at radius 1 is 1.28 bits per heavy atom. The van der Waals surface area contributed by atoms with Crippen molar-refractivity contribution in [3.8, 4) is 5.75 Å². The minimum atomic E-state index is 0.204. The Morgan fingerprint density at radius 3 is 2.67 bits per heavy atom. The van der Waals surface area contributed by atoms with Crippen molar-refractivity contribution in [2.24, 2.45) is 0 Å². The summed E-state index contributed by atoms with van der Waals surface area (Å²) in [5.41, 5.74) is 1.28. The van der Waals surface area contributed by atoms with Gasteiger partial charge in [0.1, 0.15) is 5.75 Å². The van der Waals surface area contributed by atoms with Gasteiger partial charge in [0.05, 0.1) is 19.3 Å². The average Bonchev–Trinajstić information content (AvgIpc) is 2.28. The van der Waals surface area contributed by atoms with Crippen LogP contribution in [0.15, 0.2) is 22.7 Å². The van der Waals surface area contributed by atoms with E-state index in [9.17, 15) is 0 Å². The van der Waals surface area contributed by atoms with Crippen LogP contribution >= 0.6 is 15.9 Å². The molecule has 18 heavy (non-hydrogen) atoms. The number of rotatable bonds is 4. The second-order valence-electron chi connectivity index (χ2n) is 4.85. The van der Waals surface area contributed by atoms with Gasteiger partial charge in [0.2, 0.25) is 0 Å². The number of hydrogen-bond acceptors (Lipinski definition) is 3. The van der Waals surface area contributed by atoms with Crippen LogP contribution in [-0.4, -0.2) is 37.3 Å². The highest BCUT2D eigenvalue weighted by Gasteiger charge is 2.11. The molecule has 2 rings (SSSR count). The van der Waals surface area contributed by atoms with E-state index in [2.05, 4.69) is 33.0 Å². The van der Waals surface area contributed by atoms with Crippen molar-refractivity contribution in [3.05, 3.63) is 28.2 Å². The zero-order valence-corrected chi connectivity index (χ0v) is 12.6. The quantitative estimate of drug-likeness (QED) is 0.852. The molecule has 0 N–H and O–H groups in total. The molecule has 3 nitrogen and oxygen atoms in total. The van der Waals surface area contributed by atoms with E-state index in [4.69, 9.17) is 9.47 Å². The lowest BCUT2D eigenvalue weighted by atomic mass is 10.2. The minimum absolute atomic E-state index is 0.204. The molecule has 0 atom stereocenters. The molecule has 0 amide bonds. The van der Waals surface area contributed by atoms with Gasteiger partial charge in [0.15, 0.2) is 0 Å². The Hall–Kier alpha value is -0.580. The first-order valence-electron chi connectivity index (χ1n) is 6.40. The smallest absolute Gasteiger partial charge is 0.121 e. The van der Waals surface area contributed by atoms with Gasteiger partial charge in [-0.2, -0.15) is 0 Å². The Balaban J connectivity index is 2.04. The first-order chi connectivity index (χ1) is 8.63. The predicted octanol–water partition coefficient (Wildman–Crippen LogP) is 3.07. The topological polar surface area (TPSA) is 21.7 Å². The second-order valence-corrected chi connectivity index (χ2v) is 5.77. The predicted molar refractivity (Wildman–Crippen MR) is 76.0 cm³/mol. The maximum atomic E-state index is 5.75. The van der Waals surface area contributed by atoms with Crippen molar-refractivity contribution in [1.29, 1.82) is 0 Å². The molecule has 0 aromatic heterocycles. The lowest BCUT2D eigenvalue weighted by Gasteiger charge is -2.26. The van der Waals surface area contributed by atoms with Gasteiger partial charge in [0.25, 0.3) is 0 Å². The van der Waals surface area contributed by atoms with Crippen LogP contribution in [-0.2, 0) is 11.3 Å². The van der Waals surface area contributed by atoms with Gasteiger partial charge in [0, 0.05) is 24.1 Å². The minimum Gasteiger partial charge on any atom is -0.491 e. The molecular weight excluding hydrogens is 294 g/mol. The first kappa shape index (κ1) is 13.8. The van der Waals surface area contributed by atoms with Gasteiger partial charge in [-0.1, -0.05) is 15.9 Å². The van der Waals surface area contributed by atoms with E-state index in [0.29, 0.717) is 0 Å². The molecule has 1 aromatic rings. The van der Waals surface area contributed by atoms with Gasteiger partial charge in [-0.05, 0) is 37.6 Å². The lowest BCUT2D eigenvalue weighted by molar-refractivity contribution is 0.0341. The fraction of sp³-hybridized carbons (Fsp3) is 0.571. The van der Waals surface area contributed by atoms with Crippen molar-refractivity contribution in [2.45, 2.75) is 26.5 Å². The summed E-state index contributed by atoms with van der Waals surface area (Å²) in [5.74, 6) is 0.933. The molecule has 1 aromatic carbocycles. The summed E-state index contributed by atoms with van der Waals surface area (Å²) in [7, 11) is 0. The monoisotopic (exact) mass is 313 g/mol. The number of nitrogens with zero attached hydrogens (tertiary/aromatic N) is 1. The summed E-state index contributed by atoms with van der Waals surface area (Å²) in [5, 5.41) is 0. The Bertz CT molecular complexity index is 389. The van der Waals surface area contributed by atoms with Gasteiger partial charge < -0.3 is 9.47 Å². The van der Waals surface area contributed by atoms with E-state index in [1.54, 1.807) is 0 Å². The molecule has 0 saturated carbocycles. The highest BCUT2D eigenvalue weighted by molar-refractivity contribution is 9.10. The maximum absolute atomic E-state index is 5.75. The highest BCUT2D eigenvalue weighted by atomic mass is 79.9. The summed E-state index contributed by atoms with van der Waals surface area (Å²) < 4.78 is 12.2. The number of morpholine rings is 1. The zero-order chi connectivity index (χ0) is 13.0. The van der Waals surface area contributed by atoms with Crippen LogP contribution in [0.1, 0.15) is 19.4 Å². The molecule has 1 heterocycles. The molecule has 1 saturated heterocycles. The highest BCUT2D eigenvalue weighted by Crippen LogP contribution is 2.23. The Labute approximate surface area is 117 Å². The van der Waals surface area contributed by atoms with E-state index < -0.39 is 0 Å². The summed E-state index contributed by atoms with van der Waals surface area (Å²) in [4.78, 5) is 2.41. The molecule has 4 heteroatoms. The Morgan fingerprint density at radius 2 is 2.00 bits per heavy atom. The van der Waals surface area contributed by atoms with E-state index in [0.717, 1.165) is 43.1 Å². The number of halogens is 1. The van der Waals surface area contributed by atoms with E-state index >= 15 is 0 Å².